The number of nitrogens with zero attached hydrogens (tertiary/aromatic N) is 1. The Balaban J connectivity index is 1.84. The summed E-state index contributed by atoms with van der Waals surface area (Å²) in [6.07, 6.45) is 4.13. The van der Waals surface area contributed by atoms with Crippen molar-refractivity contribution in [3.05, 3.63) is 51.0 Å². The first-order valence-corrected chi connectivity index (χ1v) is 8.45. The monoisotopic (exact) mass is 329 g/mol. The van der Waals surface area contributed by atoms with E-state index in [1.165, 1.54) is 4.88 Å². The zero-order chi connectivity index (χ0) is 15.4. The maximum absolute atomic E-state index is 5.34. The van der Waals surface area contributed by atoms with Crippen LogP contribution in [0.1, 0.15) is 9.88 Å². The molecule has 2 heterocycles. The number of thiophene rings is 1. The molecule has 5 heteroatoms. The topological polar surface area (TPSA) is 31.4 Å². The lowest BCUT2D eigenvalue weighted by molar-refractivity contribution is 0.355. The Morgan fingerprint density at radius 1 is 1.00 bits per heavy atom. The lowest BCUT2D eigenvalue weighted by atomic mass is 10.1. The third-order valence-electron chi connectivity index (χ3n) is 3.13. The van der Waals surface area contributed by atoms with E-state index >= 15 is 0 Å². The van der Waals surface area contributed by atoms with Crippen molar-refractivity contribution in [2.24, 2.45) is 0 Å². The van der Waals surface area contributed by atoms with Gasteiger partial charge in [-0.2, -0.15) is 0 Å². The summed E-state index contributed by atoms with van der Waals surface area (Å²) in [5.41, 5.74) is 1.96. The number of thiazole rings is 1. The minimum absolute atomic E-state index is 0.712. The van der Waals surface area contributed by atoms with Gasteiger partial charge in [0, 0.05) is 15.8 Å². The standard InChI is InChI=1S/C17H15NO2S2/c1-19-15-7-5-12(10-16(15)20-2)14-11-22-17(18-14)8-6-13-4-3-9-21-13/h3-11H,1-2H3. The number of benzene rings is 1. The van der Waals surface area contributed by atoms with Crippen LogP contribution in [0.5, 0.6) is 11.5 Å². The van der Waals surface area contributed by atoms with Gasteiger partial charge >= 0.3 is 0 Å². The van der Waals surface area contributed by atoms with E-state index in [9.17, 15) is 0 Å². The fourth-order valence-corrected chi connectivity index (χ4v) is 3.37. The van der Waals surface area contributed by atoms with Crippen LogP contribution >= 0.6 is 22.7 Å². The number of hydrogen-bond acceptors (Lipinski definition) is 5. The van der Waals surface area contributed by atoms with Gasteiger partial charge in [-0.15, -0.1) is 22.7 Å². The summed E-state index contributed by atoms with van der Waals surface area (Å²) in [6.45, 7) is 0. The zero-order valence-corrected chi connectivity index (χ0v) is 13.9. The second kappa shape index (κ2) is 6.77. The summed E-state index contributed by atoms with van der Waals surface area (Å²) in [7, 11) is 3.27. The lowest BCUT2D eigenvalue weighted by Crippen LogP contribution is -1.90. The van der Waals surface area contributed by atoms with Crippen molar-refractivity contribution in [2.45, 2.75) is 0 Å². The molecule has 0 bridgehead atoms. The molecule has 0 saturated carbocycles. The summed E-state index contributed by atoms with van der Waals surface area (Å²) in [5, 5.41) is 5.10. The van der Waals surface area contributed by atoms with E-state index in [-0.39, 0.29) is 0 Å². The van der Waals surface area contributed by atoms with Crippen LogP contribution < -0.4 is 9.47 Å². The molecule has 0 unspecified atom stereocenters. The Bertz CT molecular complexity index is 776. The average molecular weight is 329 g/mol. The van der Waals surface area contributed by atoms with E-state index in [0.29, 0.717) is 5.75 Å². The van der Waals surface area contributed by atoms with Gasteiger partial charge in [0.2, 0.25) is 0 Å². The molecule has 0 N–H and O–H groups in total. The van der Waals surface area contributed by atoms with E-state index in [1.807, 2.05) is 30.3 Å². The number of rotatable bonds is 5. The van der Waals surface area contributed by atoms with Crippen LogP contribution in [0.4, 0.5) is 0 Å². The normalized spacial score (nSPS) is 11.0. The van der Waals surface area contributed by atoms with Crippen LogP contribution in [0.15, 0.2) is 41.1 Å². The Hall–Kier alpha value is -2.11. The molecular weight excluding hydrogens is 314 g/mol. The third-order valence-corrected chi connectivity index (χ3v) is 4.78. The van der Waals surface area contributed by atoms with Gasteiger partial charge in [-0.3, -0.25) is 0 Å². The highest BCUT2D eigenvalue weighted by atomic mass is 32.1. The molecule has 22 heavy (non-hydrogen) atoms. The third kappa shape index (κ3) is 3.21. The van der Waals surface area contributed by atoms with Crippen LogP contribution in [0.25, 0.3) is 23.4 Å². The van der Waals surface area contributed by atoms with E-state index in [2.05, 4.69) is 27.9 Å². The first-order chi connectivity index (χ1) is 10.8. The predicted octanol–water partition coefficient (Wildman–Crippen LogP) is 5.06. The molecule has 3 rings (SSSR count). The van der Waals surface area contributed by atoms with Crippen molar-refractivity contribution in [1.82, 2.24) is 4.98 Å². The van der Waals surface area contributed by atoms with Gasteiger partial charge in [0.1, 0.15) is 5.01 Å². The van der Waals surface area contributed by atoms with Gasteiger partial charge in [0.05, 0.1) is 19.9 Å². The van der Waals surface area contributed by atoms with E-state index in [1.54, 1.807) is 36.9 Å². The molecule has 0 aliphatic heterocycles. The molecule has 0 saturated heterocycles. The quantitative estimate of drug-likeness (QED) is 0.655. The Morgan fingerprint density at radius 2 is 1.86 bits per heavy atom. The Morgan fingerprint density at radius 3 is 2.59 bits per heavy atom. The molecule has 3 aromatic rings. The summed E-state index contributed by atoms with van der Waals surface area (Å²) < 4.78 is 10.6. The predicted molar refractivity (Wildman–Crippen MR) is 93.9 cm³/mol. The van der Waals surface area contributed by atoms with E-state index in [0.717, 1.165) is 22.0 Å². The maximum atomic E-state index is 5.34. The number of ether oxygens (including phenoxy) is 2. The highest BCUT2D eigenvalue weighted by molar-refractivity contribution is 7.11. The van der Waals surface area contributed by atoms with Crippen molar-refractivity contribution in [3.63, 3.8) is 0 Å². The van der Waals surface area contributed by atoms with Crippen molar-refractivity contribution in [3.8, 4) is 22.8 Å². The van der Waals surface area contributed by atoms with Gasteiger partial charge < -0.3 is 9.47 Å². The lowest BCUT2D eigenvalue weighted by Gasteiger charge is -2.08. The number of methoxy groups -OCH3 is 2. The SMILES string of the molecule is COc1ccc(-c2csc(C=Cc3cccs3)n2)cc1OC. The second-order valence-electron chi connectivity index (χ2n) is 4.49. The van der Waals surface area contributed by atoms with Crippen LogP contribution in [0.2, 0.25) is 0 Å². The van der Waals surface area contributed by atoms with E-state index in [4.69, 9.17) is 9.47 Å². The molecule has 0 atom stereocenters. The van der Waals surface area contributed by atoms with Crippen LogP contribution in [0.3, 0.4) is 0 Å². The average Bonchev–Trinajstić information content (AvgIpc) is 3.23. The number of aromatic nitrogens is 1. The van der Waals surface area contributed by atoms with Crippen LogP contribution in [0, 0.1) is 0 Å². The molecule has 0 aliphatic carbocycles. The van der Waals surface area contributed by atoms with Crippen molar-refractivity contribution >= 4 is 34.8 Å². The molecule has 0 radical (unpaired) electrons. The van der Waals surface area contributed by atoms with Gasteiger partial charge in [-0.05, 0) is 41.8 Å². The summed E-state index contributed by atoms with van der Waals surface area (Å²) in [5.74, 6) is 1.43. The van der Waals surface area contributed by atoms with Gasteiger partial charge in [0.25, 0.3) is 0 Å². The molecule has 0 aliphatic rings. The maximum Gasteiger partial charge on any atom is 0.161 e. The van der Waals surface area contributed by atoms with Gasteiger partial charge in [-0.25, -0.2) is 4.98 Å². The first-order valence-electron chi connectivity index (χ1n) is 6.69. The molecule has 0 fully saturated rings. The number of hydrogen-bond donors (Lipinski definition) is 0. The fraction of sp³-hybridized carbons (Fsp3) is 0.118. The molecule has 2 aromatic heterocycles. The highest BCUT2D eigenvalue weighted by Crippen LogP contribution is 2.32. The zero-order valence-electron chi connectivity index (χ0n) is 12.3. The van der Waals surface area contributed by atoms with Crippen molar-refractivity contribution in [2.75, 3.05) is 14.2 Å². The highest BCUT2D eigenvalue weighted by Gasteiger charge is 2.08. The molecule has 0 spiro atoms. The minimum Gasteiger partial charge on any atom is -0.493 e. The van der Waals surface area contributed by atoms with Crippen molar-refractivity contribution in [1.29, 1.82) is 0 Å². The smallest absolute Gasteiger partial charge is 0.161 e. The Labute approximate surface area is 137 Å². The largest absolute Gasteiger partial charge is 0.493 e. The van der Waals surface area contributed by atoms with Crippen LogP contribution in [-0.2, 0) is 0 Å². The van der Waals surface area contributed by atoms with Crippen LogP contribution in [-0.4, -0.2) is 19.2 Å². The molecule has 0 amide bonds. The Kier molecular flexibility index (Phi) is 4.56. The summed E-state index contributed by atoms with van der Waals surface area (Å²) in [6, 6.07) is 9.96. The molecule has 112 valence electrons. The van der Waals surface area contributed by atoms with E-state index < -0.39 is 0 Å². The minimum atomic E-state index is 0.712. The van der Waals surface area contributed by atoms with Gasteiger partial charge in [0.15, 0.2) is 11.5 Å². The molecular formula is C17H15NO2S2. The summed E-state index contributed by atoms with van der Waals surface area (Å²) in [4.78, 5) is 5.88. The van der Waals surface area contributed by atoms with Crippen molar-refractivity contribution < 1.29 is 9.47 Å². The fourth-order valence-electron chi connectivity index (χ4n) is 2.03. The molecule has 1 aromatic carbocycles. The first kappa shape index (κ1) is 14.8. The second-order valence-corrected chi connectivity index (χ2v) is 6.36. The molecule has 3 nitrogen and oxygen atoms in total. The summed E-state index contributed by atoms with van der Waals surface area (Å²) >= 11 is 3.34. The van der Waals surface area contributed by atoms with Gasteiger partial charge in [-0.1, -0.05) is 6.07 Å².